The van der Waals surface area contributed by atoms with Crippen LogP contribution in [0.15, 0.2) is 22.5 Å². The summed E-state index contributed by atoms with van der Waals surface area (Å²) < 4.78 is 0. The number of nitrogens with zero attached hydrogens (tertiary/aromatic N) is 4. The molecular weight excluding hydrogens is 382 g/mol. The SMILES string of the molecule is CCN(CC(=O)NCc1cccs1)C(=O)CSc1nc(C)nc(C)c1C#N. The Hall–Kier alpha value is -2.44. The molecule has 1 N–H and O–H groups in total. The minimum atomic E-state index is -0.199. The molecule has 0 bridgehead atoms. The van der Waals surface area contributed by atoms with Gasteiger partial charge in [-0.2, -0.15) is 5.26 Å². The molecule has 142 valence electrons. The molecule has 2 amide bonds. The molecule has 0 radical (unpaired) electrons. The lowest BCUT2D eigenvalue weighted by Gasteiger charge is -2.20. The first-order valence-corrected chi connectivity index (χ1v) is 10.3. The fraction of sp³-hybridized carbons (Fsp3) is 0.389. The van der Waals surface area contributed by atoms with Crippen molar-refractivity contribution in [2.45, 2.75) is 32.3 Å². The zero-order chi connectivity index (χ0) is 19.8. The van der Waals surface area contributed by atoms with Crippen molar-refractivity contribution in [2.24, 2.45) is 0 Å². The second-order valence-electron chi connectivity index (χ2n) is 5.70. The summed E-state index contributed by atoms with van der Waals surface area (Å²) >= 11 is 2.77. The van der Waals surface area contributed by atoms with E-state index in [1.807, 2.05) is 24.4 Å². The van der Waals surface area contributed by atoms with Crippen LogP contribution in [-0.4, -0.2) is 45.5 Å². The highest BCUT2D eigenvalue weighted by Gasteiger charge is 2.18. The van der Waals surface area contributed by atoms with Crippen LogP contribution in [0.5, 0.6) is 0 Å². The smallest absolute Gasteiger partial charge is 0.239 e. The maximum atomic E-state index is 12.5. The molecule has 2 rings (SSSR count). The van der Waals surface area contributed by atoms with E-state index in [2.05, 4.69) is 21.4 Å². The highest BCUT2D eigenvalue weighted by molar-refractivity contribution is 8.00. The largest absolute Gasteiger partial charge is 0.350 e. The minimum absolute atomic E-state index is 0.00814. The first-order valence-electron chi connectivity index (χ1n) is 8.39. The number of likely N-dealkylation sites (N-methyl/N-ethyl adjacent to an activating group) is 1. The highest BCUT2D eigenvalue weighted by atomic mass is 32.2. The molecule has 0 unspecified atom stereocenters. The average molecular weight is 404 g/mol. The molecule has 9 heteroatoms. The Labute approximate surface area is 166 Å². The Kier molecular flexibility index (Phi) is 7.76. The second-order valence-corrected chi connectivity index (χ2v) is 7.70. The number of nitriles is 1. The normalized spacial score (nSPS) is 10.3. The fourth-order valence-electron chi connectivity index (χ4n) is 2.34. The fourth-order valence-corrected chi connectivity index (χ4v) is 3.96. The van der Waals surface area contributed by atoms with Gasteiger partial charge in [0.15, 0.2) is 0 Å². The number of thiophene rings is 1. The van der Waals surface area contributed by atoms with Crippen LogP contribution in [0.4, 0.5) is 0 Å². The molecule has 0 saturated carbocycles. The van der Waals surface area contributed by atoms with Crippen molar-refractivity contribution in [3.05, 3.63) is 39.5 Å². The van der Waals surface area contributed by atoms with Crippen molar-refractivity contribution >= 4 is 34.9 Å². The number of nitrogens with one attached hydrogen (secondary N) is 1. The van der Waals surface area contributed by atoms with Gasteiger partial charge >= 0.3 is 0 Å². The summed E-state index contributed by atoms with van der Waals surface area (Å²) in [5, 5.41) is 14.5. The minimum Gasteiger partial charge on any atom is -0.350 e. The van der Waals surface area contributed by atoms with Crippen LogP contribution in [0.25, 0.3) is 0 Å². The van der Waals surface area contributed by atoms with Gasteiger partial charge in [-0.05, 0) is 32.2 Å². The van der Waals surface area contributed by atoms with Gasteiger partial charge in [-0.25, -0.2) is 9.97 Å². The van der Waals surface area contributed by atoms with Crippen LogP contribution in [-0.2, 0) is 16.1 Å². The molecule has 7 nitrogen and oxygen atoms in total. The molecule has 2 heterocycles. The lowest BCUT2D eigenvalue weighted by molar-refractivity contribution is -0.133. The van der Waals surface area contributed by atoms with Gasteiger partial charge in [0.25, 0.3) is 0 Å². The van der Waals surface area contributed by atoms with Gasteiger partial charge in [-0.1, -0.05) is 17.8 Å². The molecule has 0 saturated heterocycles. The third kappa shape index (κ3) is 6.05. The summed E-state index contributed by atoms with van der Waals surface area (Å²) in [6.07, 6.45) is 0. The van der Waals surface area contributed by atoms with E-state index >= 15 is 0 Å². The van der Waals surface area contributed by atoms with Gasteiger partial charge in [0.2, 0.25) is 11.8 Å². The molecule has 0 aliphatic heterocycles. The molecular formula is C18H21N5O2S2. The molecule has 2 aromatic rings. The first kappa shape index (κ1) is 20.9. The van der Waals surface area contributed by atoms with Crippen LogP contribution in [0.3, 0.4) is 0 Å². The standard InChI is InChI=1S/C18H21N5O2S2/c1-4-23(10-16(24)20-9-14-6-5-7-26-14)17(25)11-27-18-15(8-19)12(2)21-13(3)22-18/h5-7H,4,9-11H2,1-3H3,(H,20,24). The van der Waals surface area contributed by atoms with Gasteiger partial charge < -0.3 is 10.2 Å². The van der Waals surface area contributed by atoms with Gasteiger partial charge in [0.1, 0.15) is 22.5 Å². The Morgan fingerprint density at radius 1 is 1.37 bits per heavy atom. The van der Waals surface area contributed by atoms with E-state index in [9.17, 15) is 14.9 Å². The highest BCUT2D eigenvalue weighted by Crippen LogP contribution is 2.22. The number of carbonyl (C=O) groups excluding carboxylic acids is 2. The predicted octanol–water partition coefficient (Wildman–Crippen LogP) is 2.28. The third-order valence-corrected chi connectivity index (χ3v) is 5.56. The average Bonchev–Trinajstić information content (AvgIpc) is 3.15. The quantitative estimate of drug-likeness (QED) is 0.536. The van der Waals surface area contributed by atoms with Crippen molar-refractivity contribution in [1.82, 2.24) is 20.2 Å². The van der Waals surface area contributed by atoms with Crippen molar-refractivity contribution in [2.75, 3.05) is 18.8 Å². The Morgan fingerprint density at radius 2 is 2.15 bits per heavy atom. The molecule has 0 atom stereocenters. The monoisotopic (exact) mass is 403 g/mol. The van der Waals surface area contributed by atoms with Crippen LogP contribution >= 0.6 is 23.1 Å². The van der Waals surface area contributed by atoms with E-state index in [4.69, 9.17) is 0 Å². The second kappa shape index (κ2) is 10.0. The lowest BCUT2D eigenvalue weighted by Crippen LogP contribution is -2.41. The number of carbonyl (C=O) groups is 2. The van der Waals surface area contributed by atoms with Crippen LogP contribution in [0.1, 0.15) is 28.9 Å². The van der Waals surface area contributed by atoms with E-state index in [1.54, 1.807) is 25.2 Å². The molecule has 27 heavy (non-hydrogen) atoms. The van der Waals surface area contributed by atoms with Gasteiger partial charge in [-0.3, -0.25) is 9.59 Å². The number of thioether (sulfide) groups is 1. The molecule has 0 aromatic carbocycles. The van der Waals surface area contributed by atoms with Gasteiger partial charge in [0, 0.05) is 11.4 Å². The number of aromatic nitrogens is 2. The van der Waals surface area contributed by atoms with Crippen molar-refractivity contribution in [3.8, 4) is 6.07 Å². The van der Waals surface area contributed by atoms with E-state index in [1.165, 1.54) is 16.7 Å². The molecule has 2 aromatic heterocycles. The van der Waals surface area contributed by atoms with E-state index < -0.39 is 0 Å². The topological polar surface area (TPSA) is 99.0 Å². The van der Waals surface area contributed by atoms with E-state index in [0.717, 1.165) is 4.88 Å². The van der Waals surface area contributed by atoms with Crippen molar-refractivity contribution in [1.29, 1.82) is 5.26 Å². The molecule has 0 aliphatic carbocycles. The first-order chi connectivity index (χ1) is 12.9. The van der Waals surface area contributed by atoms with Gasteiger partial charge in [-0.15, -0.1) is 11.3 Å². The van der Waals surface area contributed by atoms with Crippen LogP contribution in [0, 0.1) is 25.2 Å². The van der Waals surface area contributed by atoms with Crippen molar-refractivity contribution in [3.63, 3.8) is 0 Å². The number of hydrogen-bond donors (Lipinski definition) is 1. The summed E-state index contributed by atoms with van der Waals surface area (Å²) in [4.78, 5) is 35.6. The Bertz CT molecular complexity index is 846. The Balaban J connectivity index is 1.91. The van der Waals surface area contributed by atoms with Crippen molar-refractivity contribution < 1.29 is 9.59 Å². The summed E-state index contributed by atoms with van der Waals surface area (Å²) in [5.74, 6) is 0.291. The zero-order valence-electron chi connectivity index (χ0n) is 15.5. The number of hydrogen-bond acceptors (Lipinski definition) is 7. The summed E-state index contributed by atoms with van der Waals surface area (Å²) in [6, 6.07) is 5.96. The lowest BCUT2D eigenvalue weighted by atomic mass is 10.3. The molecule has 0 spiro atoms. The predicted molar refractivity (Wildman–Crippen MR) is 105 cm³/mol. The molecule has 0 fully saturated rings. The third-order valence-electron chi connectivity index (χ3n) is 3.72. The van der Waals surface area contributed by atoms with E-state index in [-0.39, 0.29) is 24.1 Å². The summed E-state index contributed by atoms with van der Waals surface area (Å²) in [5.41, 5.74) is 0.982. The maximum absolute atomic E-state index is 12.5. The summed E-state index contributed by atoms with van der Waals surface area (Å²) in [7, 11) is 0. The summed E-state index contributed by atoms with van der Waals surface area (Å²) in [6.45, 7) is 6.22. The number of rotatable bonds is 8. The van der Waals surface area contributed by atoms with Crippen LogP contribution in [0.2, 0.25) is 0 Å². The maximum Gasteiger partial charge on any atom is 0.239 e. The van der Waals surface area contributed by atoms with Crippen LogP contribution < -0.4 is 5.32 Å². The molecule has 0 aliphatic rings. The Morgan fingerprint density at radius 3 is 2.78 bits per heavy atom. The zero-order valence-corrected chi connectivity index (χ0v) is 17.1. The van der Waals surface area contributed by atoms with Gasteiger partial charge in [0.05, 0.1) is 24.5 Å². The number of amides is 2. The number of aryl methyl sites for hydroxylation is 2. The van der Waals surface area contributed by atoms with E-state index in [0.29, 0.717) is 35.2 Å².